The van der Waals surface area contributed by atoms with E-state index in [0.29, 0.717) is 25.7 Å². The Kier molecular flexibility index (Phi) is 29.2. The van der Waals surface area contributed by atoms with E-state index in [9.17, 15) is 32.5 Å². The molecule has 1 saturated heterocycles. The second-order valence-corrected chi connectivity index (χ2v) is 18.3. The van der Waals surface area contributed by atoms with Crippen molar-refractivity contribution in [1.82, 2.24) is 5.48 Å². The van der Waals surface area contributed by atoms with E-state index in [4.69, 9.17) is 23.2 Å². The standard InChI is InChI=1S/C50H79NO12S/c1-2-3-4-5-6-7-8-9-16-27-36-43(59-46(53)37-28-17-12-10-14-21-30-41-32-23-19-24-33-41)50(55)51-62-48-39-44(49(45(40-52)61-48)63-64(56,57)58)60-47(54)38-29-18-13-11-15-22-31-42-34-25-20-26-35-42/h19-20,23-26,32-35,43-45,48-49,52H,2-18,21-22,27-31,36-40H2,1H3,(H,51,55)(H,56,57,58)/t43?,44-,45-,48-,49+/m1/s1. The molecule has 1 aliphatic heterocycles. The summed E-state index contributed by atoms with van der Waals surface area (Å²) in [5, 5.41) is 10.1. The Labute approximate surface area is 384 Å². The quantitative estimate of drug-likeness (QED) is 0.0253. The third-order valence-electron chi connectivity index (χ3n) is 11.7. The van der Waals surface area contributed by atoms with Gasteiger partial charge in [-0.15, -0.1) is 0 Å². The Morgan fingerprint density at radius 3 is 1.64 bits per heavy atom. The molecule has 2 aromatic carbocycles. The summed E-state index contributed by atoms with van der Waals surface area (Å²) in [4.78, 5) is 45.1. The number of aliphatic hydroxyl groups is 1. The molecule has 64 heavy (non-hydrogen) atoms. The van der Waals surface area contributed by atoms with E-state index in [2.05, 4.69) is 48.8 Å². The smallest absolute Gasteiger partial charge is 0.397 e. The first-order chi connectivity index (χ1) is 31.1. The third-order valence-corrected chi connectivity index (χ3v) is 12.2. The van der Waals surface area contributed by atoms with Crippen LogP contribution in [-0.4, -0.2) is 73.2 Å². The van der Waals surface area contributed by atoms with E-state index in [-0.39, 0.29) is 19.3 Å². The molecule has 0 aromatic heterocycles. The molecule has 0 radical (unpaired) electrons. The maximum absolute atomic E-state index is 13.5. The predicted molar refractivity (Wildman–Crippen MR) is 247 cm³/mol. The summed E-state index contributed by atoms with van der Waals surface area (Å²) in [6.07, 6.45) is 18.0. The Morgan fingerprint density at radius 1 is 0.672 bits per heavy atom. The van der Waals surface area contributed by atoms with Gasteiger partial charge in [-0.3, -0.25) is 18.9 Å². The van der Waals surface area contributed by atoms with Crippen LogP contribution in [0.1, 0.15) is 185 Å². The van der Waals surface area contributed by atoms with Gasteiger partial charge in [0.15, 0.2) is 12.4 Å². The van der Waals surface area contributed by atoms with E-state index in [1.54, 1.807) is 0 Å². The number of nitrogens with one attached hydrogen (secondary N) is 1. The van der Waals surface area contributed by atoms with Gasteiger partial charge in [-0.05, 0) is 62.5 Å². The van der Waals surface area contributed by atoms with Crippen LogP contribution < -0.4 is 5.48 Å². The lowest BCUT2D eigenvalue weighted by atomic mass is 10.0. The van der Waals surface area contributed by atoms with E-state index in [1.807, 2.05) is 24.3 Å². The molecule has 1 fully saturated rings. The number of aryl methyl sites for hydroxylation is 2. The van der Waals surface area contributed by atoms with E-state index >= 15 is 0 Å². The second-order valence-electron chi connectivity index (χ2n) is 17.3. The number of benzene rings is 2. The van der Waals surface area contributed by atoms with Gasteiger partial charge in [-0.2, -0.15) is 8.42 Å². The van der Waals surface area contributed by atoms with Crippen LogP contribution in [0, 0.1) is 0 Å². The number of hydroxylamine groups is 1. The Bertz CT molecular complexity index is 1630. The van der Waals surface area contributed by atoms with E-state index in [1.165, 1.54) is 49.7 Å². The first-order valence-corrected chi connectivity index (χ1v) is 25.8. The zero-order chi connectivity index (χ0) is 46.1. The van der Waals surface area contributed by atoms with Crippen molar-refractivity contribution in [3.8, 4) is 0 Å². The van der Waals surface area contributed by atoms with Crippen molar-refractivity contribution in [2.75, 3.05) is 6.61 Å². The SMILES string of the molecule is CCCCCCCCCCCCC(OC(=O)CCCCCCCCc1ccccc1)C(=O)NO[C@@H]1C[C@@H](OC(=O)CCCCCCCCc2ccccc2)[C@H](OS(=O)(=O)O)[C@@H](CO)O1. The van der Waals surface area contributed by atoms with Crippen LogP contribution in [0.2, 0.25) is 0 Å². The van der Waals surface area contributed by atoms with Gasteiger partial charge in [0.2, 0.25) is 0 Å². The monoisotopic (exact) mass is 918 g/mol. The van der Waals surface area contributed by atoms with Crippen molar-refractivity contribution in [1.29, 1.82) is 0 Å². The maximum atomic E-state index is 13.5. The molecule has 0 spiro atoms. The topological polar surface area (TPSA) is 184 Å². The van der Waals surface area contributed by atoms with Crippen LogP contribution in [0.15, 0.2) is 60.7 Å². The molecule has 1 heterocycles. The summed E-state index contributed by atoms with van der Waals surface area (Å²) < 4.78 is 54.9. The van der Waals surface area contributed by atoms with Crippen LogP contribution in [0.5, 0.6) is 0 Å². The number of carbonyl (C=O) groups is 3. The first-order valence-electron chi connectivity index (χ1n) is 24.4. The lowest BCUT2D eigenvalue weighted by molar-refractivity contribution is -0.272. The first kappa shape index (κ1) is 54.9. The molecular formula is C50H79NO12S. The molecule has 0 saturated carbocycles. The number of esters is 2. The molecule has 0 bridgehead atoms. The van der Waals surface area contributed by atoms with Crippen molar-refractivity contribution in [2.24, 2.45) is 0 Å². The highest BCUT2D eigenvalue weighted by molar-refractivity contribution is 7.80. The molecule has 362 valence electrons. The lowest BCUT2D eigenvalue weighted by Crippen LogP contribution is -2.55. The van der Waals surface area contributed by atoms with Gasteiger partial charge < -0.3 is 19.3 Å². The van der Waals surface area contributed by atoms with Crippen LogP contribution in [0.4, 0.5) is 0 Å². The lowest BCUT2D eigenvalue weighted by Gasteiger charge is -2.38. The fraction of sp³-hybridized carbons (Fsp3) is 0.700. The zero-order valence-electron chi connectivity index (χ0n) is 38.6. The van der Waals surface area contributed by atoms with Crippen molar-refractivity contribution < 1.29 is 55.7 Å². The fourth-order valence-electron chi connectivity index (χ4n) is 8.09. The third kappa shape index (κ3) is 25.9. The highest BCUT2D eigenvalue weighted by Gasteiger charge is 2.45. The molecular weight excluding hydrogens is 839 g/mol. The largest absolute Gasteiger partial charge is 0.459 e. The molecule has 13 nitrogen and oxygen atoms in total. The van der Waals surface area contributed by atoms with Gasteiger partial charge >= 0.3 is 22.3 Å². The predicted octanol–water partition coefficient (Wildman–Crippen LogP) is 10.4. The van der Waals surface area contributed by atoms with Gasteiger partial charge in [0.1, 0.15) is 18.3 Å². The average molecular weight is 918 g/mol. The normalized spacial score (nSPS) is 18.0. The van der Waals surface area contributed by atoms with Crippen molar-refractivity contribution >= 4 is 28.2 Å². The maximum Gasteiger partial charge on any atom is 0.397 e. The van der Waals surface area contributed by atoms with Crippen molar-refractivity contribution in [3.05, 3.63) is 71.8 Å². The Hall–Kier alpha value is -3.40. The van der Waals surface area contributed by atoms with Crippen LogP contribution in [0.25, 0.3) is 0 Å². The summed E-state index contributed by atoms with van der Waals surface area (Å²) in [7, 11) is -5.04. The van der Waals surface area contributed by atoms with Crippen LogP contribution >= 0.6 is 0 Å². The number of rotatable bonds is 37. The molecule has 3 rings (SSSR count). The number of aliphatic hydroxyl groups excluding tert-OH is 1. The molecule has 14 heteroatoms. The molecule has 5 atom stereocenters. The van der Waals surface area contributed by atoms with E-state index < -0.39 is 65.6 Å². The van der Waals surface area contributed by atoms with Crippen LogP contribution in [0.3, 0.4) is 0 Å². The molecule has 1 unspecified atom stereocenters. The van der Waals surface area contributed by atoms with Gasteiger partial charge in [-0.1, -0.05) is 177 Å². The average Bonchev–Trinajstić information content (AvgIpc) is 3.28. The number of carbonyl (C=O) groups excluding carboxylic acids is 3. The summed E-state index contributed by atoms with van der Waals surface area (Å²) in [5.74, 6) is -1.78. The summed E-state index contributed by atoms with van der Waals surface area (Å²) in [6, 6.07) is 20.8. The molecule has 0 aliphatic carbocycles. The summed E-state index contributed by atoms with van der Waals surface area (Å²) in [6.45, 7) is 1.43. The van der Waals surface area contributed by atoms with E-state index in [0.717, 1.165) is 96.3 Å². The van der Waals surface area contributed by atoms with Crippen molar-refractivity contribution in [2.45, 2.75) is 217 Å². The molecule has 1 aliphatic rings. The Morgan fingerprint density at radius 2 is 1.14 bits per heavy atom. The Balaban J connectivity index is 1.47. The fourth-order valence-corrected chi connectivity index (χ4v) is 8.62. The highest BCUT2D eigenvalue weighted by atomic mass is 32.3. The number of amides is 1. The van der Waals surface area contributed by atoms with Crippen LogP contribution in [-0.2, 0) is 60.9 Å². The summed E-state index contributed by atoms with van der Waals surface area (Å²) >= 11 is 0. The minimum absolute atomic E-state index is 0.0623. The molecule has 1 amide bonds. The number of ether oxygens (including phenoxy) is 3. The number of unbranched alkanes of at least 4 members (excludes halogenated alkanes) is 19. The number of hydrogen-bond donors (Lipinski definition) is 3. The molecule has 3 N–H and O–H groups in total. The van der Waals surface area contributed by atoms with Crippen molar-refractivity contribution in [3.63, 3.8) is 0 Å². The molecule has 2 aromatic rings. The van der Waals surface area contributed by atoms with Gasteiger partial charge in [0.25, 0.3) is 5.91 Å². The van der Waals surface area contributed by atoms with Gasteiger partial charge in [-0.25, -0.2) is 14.5 Å². The second kappa shape index (κ2) is 34.0. The summed E-state index contributed by atoms with van der Waals surface area (Å²) in [5.41, 5.74) is 4.99. The minimum atomic E-state index is -5.04. The highest BCUT2D eigenvalue weighted by Crippen LogP contribution is 2.28. The minimum Gasteiger partial charge on any atom is -0.459 e. The zero-order valence-corrected chi connectivity index (χ0v) is 39.4. The van der Waals surface area contributed by atoms with Gasteiger partial charge in [0.05, 0.1) is 6.61 Å². The van der Waals surface area contributed by atoms with Gasteiger partial charge in [0, 0.05) is 19.3 Å². The number of hydrogen-bond acceptors (Lipinski definition) is 11.